The SMILES string of the molecule is CCOC(=O)c1cccc(Oc2ccnc(Nc3nc(C)cs3)c2)c1C. The van der Waals surface area contributed by atoms with Crippen LogP contribution in [0, 0.1) is 13.8 Å². The summed E-state index contributed by atoms with van der Waals surface area (Å²) in [6.45, 7) is 5.89. The van der Waals surface area contributed by atoms with Crippen LogP contribution in [0.4, 0.5) is 10.9 Å². The third kappa shape index (κ3) is 4.18. The number of hydrogen-bond acceptors (Lipinski definition) is 7. The Balaban J connectivity index is 1.80. The maximum Gasteiger partial charge on any atom is 0.338 e. The molecule has 2 heterocycles. The number of aryl methyl sites for hydroxylation is 1. The molecule has 0 saturated heterocycles. The summed E-state index contributed by atoms with van der Waals surface area (Å²) < 4.78 is 11.0. The van der Waals surface area contributed by atoms with E-state index in [2.05, 4.69) is 15.3 Å². The lowest BCUT2D eigenvalue weighted by Gasteiger charge is -2.12. The van der Waals surface area contributed by atoms with Gasteiger partial charge in [-0.1, -0.05) is 6.07 Å². The van der Waals surface area contributed by atoms with Gasteiger partial charge >= 0.3 is 5.97 Å². The highest BCUT2D eigenvalue weighted by molar-refractivity contribution is 7.13. The van der Waals surface area contributed by atoms with Crippen molar-refractivity contribution in [3.8, 4) is 11.5 Å². The number of pyridine rings is 1. The smallest absolute Gasteiger partial charge is 0.338 e. The molecule has 0 unspecified atom stereocenters. The van der Waals surface area contributed by atoms with Crippen molar-refractivity contribution in [3.05, 3.63) is 58.7 Å². The molecule has 0 aliphatic heterocycles. The monoisotopic (exact) mass is 369 g/mol. The molecule has 0 atom stereocenters. The lowest BCUT2D eigenvalue weighted by Crippen LogP contribution is -2.07. The first-order valence-corrected chi connectivity index (χ1v) is 9.04. The summed E-state index contributed by atoms with van der Waals surface area (Å²) in [5, 5.41) is 5.89. The van der Waals surface area contributed by atoms with Crippen LogP contribution in [0.1, 0.15) is 28.5 Å². The first-order valence-electron chi connectivity index (χ1n) is 8.16. The number of rotatable bonds is 6. The molecule has 2 aromatic heterocycles. The van der Waals surface area contributed by atoms with Crippen molar-refractivity contribution in [1.29, 1.82) is 0 Å². The molecule has 0 saturated carbocycles. The van der Waals surface area contributed by atoms with Crippen LogP contribution in [-0.2, 0) is 4.74 Å². The highest BCUT2D eigenvalue weighted by Crippen LogP contribution is 2.29. The second-order valence-electron chi connectivity index (χ2n) is 5.55. The Labute approximate surface area is 155 Å². The summed E-state index contributed by atoms with van der Waals surface area (Å²) in [5.41, 5.74) is 2.18. The Bertz CT molecular complexity index is 924. The minimum Gasteiger partial charge on any atom is -0.462 e. The van der Waals surface area contributed by atoms with E-state index < -0.39 is 0 Å². The van der Waals surface area contributed by atoms with Gasteiger partial charge in [-0.2, -0.15) is 0 Å². The van der Waals surface area contributed by atoms with Crippen molar-refractivity contribution in [1.82, 2.24) is 9.97 Å². The predicted octanol–water partition coefficient (Wildman–Crippen LogP) is 4.87. The molecule has 0 aliphatic rings. The molecule has 0 amide bonds. The molecule has 3 rings (SSSR count). The molecule has 134 valence electrons. The fourth-order valence-corrected chi connectivity index (χ4v) is 3.04. The Kier molecular flexibility index (Phi) is 5.48. The largest absolute Gasteiger partial charge is 0.462 e. The number of hydrogen-bond donors (Lipinski definition) is 1. The zero-order chi connectivity index (χ0) is 18.5. The first-order chi connectivity index (χ1) is 12.6. The van der Waals surface area contributed by atoms with Gasteiger partial charge in [-0.25, -0.2) is 14.8 Å². The number of aromatic nitrogens is 2. The number of ether oxygens (including phenoxy) is 2. The third-order valence-electron chi connectivity index (χ3n) is 3.59. The number of esters is 1. The van der Waals surface area contributed by atoms with E-state index in [0.29, 0.717) is 29.5 Å². The Morgan fingerprint density at radius 1 is 1.27 bits per heavy atom. The van der Waals surface area contributed by atoms with E-state index in [-0.39, 0.29) is 5.97 Å². The van der Waals surface area contributed by atoms with Crippen molar-refractivity contribution < 1.29 is 14.3 Å². The molecule has 26 heavy (non-hydrogen) atoms. The van der Waals surface area contributed by atoms with Gasteiger partial charge in [-0.05, 0) is 39.0 Å². The van der Waals surface area contributed by atoms with E-state index in [9.17, 15) is 4.79 Å². The quantitative estimate of drug-likeness (QED) is 0.625. The normalized spacial score (nSPS) is 10.4. The van der Waals surface area contributed by atoms with Crippen LogP contribution in [0.5, 0.6) is 11.5 Å². The average molecular weight is 369 g/mol. The lowest BCUT2D eigenvalue weighted by atomic mass is 10.1. The number of thiazole rings is 1. The van der Waals surface area contributed by atoms with Crippen molar-refractivity contribution >= 4 is 28.3 Å². The number of anilines is 2. The topological polar surface area (TPSA) is 73.3 Å². The molecule has 0 bridgehead atoms. The number of nitrogens with zero attached hydrogens (tertiary/aromatic N) is 2. The Hall–Kier alpha value is -2.93. The highest BCUT2D eigenvalue weighted by atomic mass is 32.1. The van der Waals surface area contributed by atoms with Crippen LogP contribution in [0.2, 0.25) is 0 Å². The highest BCUT2D eigenvalue weighted by Gasteiger charge is 2.14. The number of carbonyl (C=O) groups is 1. The summed E-state index contributed by atoms with van der Waals surface area (Å²) in [4.78, 5) is 20.7. The zero-order valence-corrected chi connectivity index (χ0v) is 15.6. The number of carbonyl (C=O) groups excluding carboxylic acids is 1. The van der Waals surface area contributed by atoms with E-state index in [0.717, 1.165) is 16.4 Å². The van der Waals surface area contributed by atoms with Crippen LogP contribution in [-0.4, -0.2) is 22.5 Å². The van der Waals surface area contributed by atoms with Crippen molar-refractivity contribution in [3.63, 3.8) is 0 Å². The van der Waals surface area contributed by atoms with Gasteiger partial charge in [0.1, 0.15) is 17.3 Å². The van der Waals surface area contributed by atoms with Gasteiger partial charge in [0.05, 0.1) is 17.9 Å². The molecule has 3 aromatic rings. The summed E-state index contributed by atoms with van der Waals surface area (Å²) in [7, 11) is 0. The van der Waals surface area contributed by atoms with Crippen LogP contribution >= 0.6 is 11.3 Å². The molecule has 1 aromatic carbocycles. The molecule has 7 heteroatoms. The van der Waals surface area contributed by atoms with E-state index in [1.165, 1.54) is 11.3 Å². The van der Waals surface area contributed by atoms with Gasteiger partial charge < -0.3 is 14.8 Å². The van der Waals surface area contributed by atoms with Gasteiger partial charge in [0, 0.05) is 23.2 Å². The molecular formula is C19H19N3O3S. The molecule has 0 spiro atoms. The standard InChI is InChI=1S/C19H19N3O3S/c1-4-24-18(23)15-6-5-7-16(13(15)3)25-14-8-9-20-17(10-14)22-19-21-12(2)11-26-19/h5-11H,4H2,1-3H3,(H,20,21,22). The van der Waals surface area contributed by atoms with Gasteiger partial charge in [0.2, 0.25) is 0 Å². The second-order valence-corrected chi connectivity index (χ2v) is 6.41. The third-order valence-corrected chi connectivity index (χ3v) is 4.47. The lowest BCUT2D eigenvalue weighted by molar-refractivity contribution is 0.0525. The maximum atomic E-state index is 12.0. The fraction of sp³-hybridized carbons (Fsp3) is 0.211. The van der Waals surface area contributed by atoms with Crippen molar-refractivity contribution in [2.75, 3.05) is 11.9 Å². The summed E-state index contributed by atoms with van der Waals surface area (Å²) >= 11 is 1.51. The Morgan fingerprint density at radius 3 is 2.85 bits per heavy atom. The van der Waals surface area contributed by atoms with Gasteiger partial charge in [-0.15, -0.1) is 11.3 Å². The predicted molar refractivity (Wildman–Crippen MR) is 102 cm³/mol. The van der Waals surface area contributed by atoms with Crippen molar-refractivity contribution in [2.45, 2.75) is 20.8 Å². The molecule has 0 fully saturated rings. The minimum absolute atomic E-state index is 0.332. The number of benzene rings is 1. The van der Waals surface area contributed by atoms with E-state index in [4.69, 9.17) is 9.47 Å². The number of nitrogens with one attached hydrogen (secondary N) is 1. The molecule has 0 aliphatic carbocycles. The molecular weight excluding hydrogens is 350 g/mol. The average Bonchev–Trinajstić information content (AvgIpc) is 3.02. The van der Waals surface area contributed by atoms with Crippen LogP contribution in [0.3, 0.4) is 0 Å². The summed E-state index contributed by atoms with van der Waals surface area (Å²) in [5.74, 6) is 1.49. The molecule has 0 radical (unpaired) electrons. The maximum absolute atomic E-state index is 12.0. The summed E-state index contributed by atoms with van der Waals surface area (Å²) in [6, 6.07) is 8.86. The second kappa shape index (κ2) is 7.97. The molecule has 6 nitrogen and oxygen atoms in total. The van der Waals surface area contributed by atoms with E-state index >= 15 is 0 Å². The summed E-state index contributed by atoms with van der Waals surface area (Å²) in [6.07, 6.45) is 1.66. The van der Waals surface area contributed by atoms with Crippen molar-refractivity contribution in [2.24, 2.45) is 0 Å². The van der Waals surface area contributed by atoms with Crippen LogP contribution < -0.4 is 10.1 Å². The van der Waals surface area contributed by atoms with Gasteiger partial charge in [0.25, 0.3) is 0 Å². The Morgan fingerprint density at radius 2 is 2.12 bits per heavy atom. The molecule has 1 N–H and O–H groups in total. The fourth-order valence-electron chi connectivity index (χ4n) is 2.35. The zero-order valence-electron chi connectivity index (χ0n) is 14.8. The minimum atomic E-state index is -0.355. The first kappa shape index (κ1) is 17.9. The van der Waals surface area contributed by atoms with E-state index in [1.807, 2.05) is 25.3 Å². The van der Waals surface area contributed by atoms with E-state index in [1.54, 1.807) is 37.4 Å². The van der Waals surface area contributed by atoms with Crippen LogP contribution in [0.15, 0.2) is 41.9 Å². The van der Waals surface area contributed by atoms with Gasteiger partial charge in [-0.3, -0.25) is 0 Å². The van der Waals surface area contributed by atoms with Crippen LogP contribution in [0.25, 0.3) is 0 Å². The van der Waals surface area contributed by atoms with Gasteiger partial charge in [0.15, 0.2) is 5.13 Å².